The van der Waals surface area contributed by atoms with Crippen LogP contribution in [0.1, 0.15) is 20.4 Å². The molecule has 0 saturated heterocycles. The second-order valence-electron chi connectivity index (χ2n) is 6.04. The molecule has 8 nitrogen and oxygen atoms in total. The van der Waals surface area contributed by atoms with Crippen LogP contribution in [-0.2, 0) is 0 Å². The molecule has 9 heteroatoms. The van der Waals surface area contributed by atoms with Crippen molar-refractivity contribution in [3.05, 3.63) is 71.0 Å². The first-order chi connectivity index (χ1) is 13.6. The van der Waals surface area contributed by atoms with E-state index < -0.39 is 0 Å². The largest absolute Gasteiger partial charge is 0.340 e. The first-order valence-corrected chi connectivity index (χ1v) is 9.33. The third-order valence-corrected chi connectivity index (χ3v) is 5.02. The van der Waals surface area contributed by atoms with Gasteiger partial charge in [0, 0.05) is 29.8 Å². The van der Waals surface area contributed by atoms with Gasteiger partial charge in [0.2, 0.25) is 0 Å². The number of aryl methyl sites for hydroxylation is 2. The van der Waals surface area contributed by atoms with Gasteiger partial charge in [0.05, 0.1) is 10.7 Å². The minimum absolute atomic E-state index is 0.149. The van der Waals surface area contributed by atoms with E-state index in [1.165, 1.54) is 17.7 Å². The highest BCUT2D eigenvalue weighted by molar-refractivity contribution is 7.13. The van der Waals surface area contributed by atoms with E-state index in [0.717, 1.165) is 16.4 Å². The molecule has 28 heavy (non-hydrogen) atoms. The fourth-order valence-electron chi connectivity index (χ4n) is 2.67. The Balaban J connectivity index is 1.44. The molecule has 0 aliphatic heterocycles. The zero-order valence-electron chi connectivity index (χ0n) is 15.2. The highest BCUT2D eigenvalue weighted by atomic mass is 32.1. The molecule has 3 aromatic heterocycles. The Morgan fingerprint density at radius 2 is 1.89 bits per heavy atom. The standard InChI is InChI=1S/C19H17N7OS/c1-12-18(28-13(2)23-12)19(27)25-15-5-3-14(4-6-15)24-16-9-17(22-10-21-16)26-8-7-20-11-26/h3-11H,1-2H3,(H,25,27)(H,21,22,24). The Morgan fingerprint density at radius 1 is 1.11 bits per heavy atom. The zero-order chi connectivity index (χ0) is 19.5. The van der Waals surface area contributed by atoms with Gasteiger partial charge in [-0.15, -0.1) is 11.3 Å². The summed E-state index contributed by atoms with van der Waals surface area (Å²) in [5, 5.41) is 7.00. The lowest BCUT2D eigenvalue weighted by atomic mass is 10.2. The van der Waals surface area contributed by atoms with Crippen molar-refractivity contribution in [2.24, 2.45) is 0 Å². The number of nitrogens with zero attached hydrogens (tertiary/aromatic N) is 5. The predicted octanol–water partition coefficient (Wildman–Crippen LogP) is 3.73. The molecule has 0 aliphatic carbocycles. The Kier molecular flexibility index (Phi) is 4.81. The van der Waals surface area contributed by atoms with Gasteiger partial charge in [-0.1, -0.05) is 0 Å². The van der Waals surface area contributed by atoms with Gasteiger partial charge < -0.3 is 10.6 Å². The Labute approximate surface area is 165 Å². The van der Waals surface area contributed by atoms with Crippen LogP contribution in [0.5, 0.6) is 0 Å². The first kappa shape index (κ1) is 17.8. The van der Waals surface area contributed by atoms with Crippen LogP contribution in [-0.4, -0.2) is 30.4 Å². The van der Waals surface area contributed by atoms with E-state index >= 15 is 0 Å². The molecular weight excluding hydrogens is 374 g/mol. The molecule has 0 spiro atoms. The van der Waals surface area contributed by atoms with Gasteiger partial charge in [0.25, 0.3) is 5.91 Å². The highest BCUT2D eigenvalue weighted by Gasteiger charge is 2.13. The molecule has 2 N–H and O–H groups in total. The molecule has 0 aliphatic rings. The number of carbonyl (C=O) groups excluding carboxylic acids is 1. The zero-order valence-corrected chi connectivity index (χ0v) is 16.1. The summed E-state index contributed by atoms with van der Waals surface area (Å²) < 4.78 is 1.80. The number of carbonyl (C=O) groups is 1. The average molecular weight is 391 g/mol. The monoisotopic (exact) mass is 391 g/mol. The van der Waals surface area contributed by atoms with Gasteiger partial charge in [-0.05, 0) is 38.1 Å². The maximum absolute atomic E-state index is 12.4. The third-order valence-electron chi connectivity index (χ3n) is 3.95. The van der Waals surface area contributed by atoms with E-state index in [4.69, 9.17) is 0 Å². The minimum Gasteiger partial charge on any atom is -0.340 e. The van der Waals surface area contributed by atoms with Gasteiger partial charge in [-0.2, -0.15) is 0 Å². The van der Waals surface area contributed by atoms with Crippen LogP contribution in [0.25, 0.3) is 5.82 Å². The minimum atomic E-state index is -0.149. The van der Waals surface area contributed by atoms with E-state index in [2.05, 4.69) is 30.6 Å². The lowest BCUT2D eigenvalue weighted by Gasteiger charge is -2.09. The number of thiazole rings is 1. The van der Waals surface area contributed by atoms with Crippen molar-refractivity contribution in [3.63, 3.8) is 0 Å². The summed E-state index contributed by atoms with van der Waals surface area (Å²) in [5.41, 5.74) is 2.30. The van der Waals surface area contributed by atoms with E-state index in [0.29, 0.717) is 22.2 Å². The van der Waals surface area contributed by atoms with Gasteiger partial charge in [0.15, 0.2) is 0 Å². The van der Waals surface area contributed by atoms with Gasteiger partial charge >= 0.3 is 0 Å². The topological polar surface area (TPSA) is 97.6 Å². The predicted molar refractivity (Wildman–Crippen MR) is 108 cm³/mol. The van der Waals surface area contributed by atoms with Crippen LogP contribution in [0.2, 0.25) is 0 Å². The number of hydrogen-bond donors (Lipinski definition) is 2. The highest BCUT2D eigenvalue weighted by Crippen LogP contribution is 2.21. The second kappa shape index (κ2) is 7.57. The van der Waals surface area contributed by atoms with E-state index in [-0.39, 0.29) is 5.91 Å². The second-order valence-corrected chi connectivity index (χ2v) is 7.24. The molecule has 4 rings (SSSR count). The number of rotatable bonds is 5. The van der Waals surface area contributed by atoms with Crippen molar-refractivity contribution < 1.29 is 4.79 Å². The lowest BCUT2D eigenvalue weighted by molar-refractivity contribution is 0.103. The maximum atomic E-state index is 12.4. The number of hydrogen-bond acceptors (Lipinski definition) is 7. The Morgan fingerprint density at radius 3 is 2.57 bits per heavy atom. The molecule has 140 valence electrons. The molecule has 3 heterocycles. The molecule has 0 atom stereocenters. The lowest BCUT2D eigenvalue weighted by Crippen LogP contribution is -2.11. The molecular formula is C19H17N7OS. The third kappa shape index (κ3) is 3.89. The van der Waals surface area contributed by atoms with Gasteiger partial charge in [0.1, 0.15) is 29.2 Å². The van der Waals surface area contributed by atoms with Crippen molar-refractivity contribution in [1.82, 2.24) is 24.5 Å². The van der Waals surface area contributed by atoms with E-state index in [1.807, 2.05) is 50.4 Å². The van der Waals surface area contributed by atoms with Crippen molar-refractivity contribution in [2.45, 2.75) is 13.8 Å². The van der Waals surface area contributed by atoms with Crippen LogP contribution in [0, 0.1) is 13.8 Å². The van der Waals surface area contributed by atoms with Crippen LogP contribution in [0.4, 0.5) is 17.2 Å². The van der Waals surface area contributed by atoms with Crippen molar-refractivity contribution in [2.75, 3.05) is 10.6 Å². The molecule has 0 bridgehead atoms. The van der Waals surface area contributed by atoms with Gasteiger partial charge in [-0.3, -0.25) is 9.36 Å². The van der Waals surface area contributed by atoms with Crippen molar-refractivity contribution >= 4 is 34.4 Å². The normalized spacial score (nSPS) is 10.6. The number of amides is 1. The van der Waals surface area contributed by atoms with Crippen LogP contribution in [0.3, 0.4) is 0 Å². The number of aromatic nitrogens is 5. The first-order valence-electron chi connectivity index (χ1n) is 8.51. The molecule has 0 unspecified atom stereocenters. The van der Waals surface area contributed by atoms with E-state index in [9.17, 15) is 4.79 Å². The van der Waals surface area contributed by atoms with Crippen LogP contribution >= 0.6 is 11.3 Å². The Hall–Kier alpha value is -3.59. The maximum Gasteiger partial charge on any atom is 0.267 e. The Bertz CT molecular complexity index is 1100. The summed E-state index contributed by atoms with van der Waals surface area (Å²) >= 11 is 1.39. The molecule has 1 aromatic carbocycles. The van der Waals surface area contributed by atoms with Crippen molar-refractivity contribution in [3.8, 4) is 5.82 Å². The van der Waals surface area contributed by atoms with E-state index in [1.54, 1.807) is 17.1 Å². The molecule has 0 fully saturated rings. The summed E-state index contributed by atoms with van der Waals surface area (Å²) in [6.07, 6.45) is 6.68. The van der Waals surface area contributed by atoms with Gasteiger partial charge in [-0.25, -0.2) is 19.9 Å². The summed E-state index contributed by atoms with van der Waals surface area (Å²) in [6, 6.07) is 9.24. The quantitative estimate of drug-likeness (QED) is 0.538. The molecule has 4 aromatic rings. The SMILES string of the molecule is Cc1nc(C)c(C(=O)Nc2ccc(Nc3cc(-n4ccnc4)ncn3)cc2)s1. The van der Waals surface area contributed by atoms with Crippen LogP contribution in [0.15, 0.2) is 55.4 Å². The summed E-state index contributed by atoms with van der Waals surface area (Å²) in [6.45, 7) is 3.73. The number of imidazole rings is 1. The number of nitrogens with one attached hydrogen (secondary N) is 2. The average Bonchev–Trinajstić information content (AvgIpc) is 3.33. The fraction of sp³-hybridized carbons (Fsp3) is 0.105. The van der Waals surface area contributed by atoms with Crippen LogP contribution < -0.4 is 10.6 Å². The van der Waals surface area contributed by atoms with Crippen molar-refractivity contribution in [1.29, 1.82) is 0 Å². The fourth-order valence-corrected chi connectivity index (χ4v) is 3.48. The molecule has 0 radical (unpaired) electrons. The molecule has 0 saturated carbocycles. The molecule has 1 amide bonds. The smallest absolute Gasteiger partial charge is 0.267 e. The summed E-state index contributed by atoms with van der Waals surface area (Å²) in [5.74, 6) is 1.23. The number of anilines is 3. The summed E-state index contributed by atoms with van der Waals surface area (Å²) in [4.78, 5) is 29.8. The summed E-state index contributed by atoms with van der Waals surface area (Å²) in [7, 11) is 0. The number of benzene rings is 1.